The fourth-order valence-electron chi connectivity index (χ4n) is 2.10. The smallest absolute Gasteiger partial charge is 0.407 e. The molecule has 22 heavy (non-hydrogen) atoms. The lowest BCUT2D eigenvalue weighted by Gasteiger charge is -2.27. The van der Waals surface area contributed by atoms with Crippen LogP contribution in [0.2, 0.25) is 0 Å². The molecule has 0 heterocycles. The van der Waals surface area contributed by atoms with Crippen molar-refractivity contribution in [2.45, 2.75) is 72.0 Å². The molecule has 0 aliphatic rings. The molecule has 2 N–H and O–H groups in total. The van der Waals surface area contributed by atoms with Crippen LogP contribution in [0.1, 0.15) is 60.8 Å². The Balaban J connectivity index is 4.27. The maximum Gasteiger partial charge on any atom is 0.407 e. The molecule has 0 aliphatic carbocycles. The Bertz CT molecular complexity index is 407. The van der Waals surface area contributed by atoms with Gasteiger partial charge in [-0.05, 0) is 59.5 Å². The van der Waals surface area contributed by atoms with E-state index in [0.29, 0.717) is 18.5 Å². The first-order valence-electron chi connectivity index (χ1n) is 7.88. The first-order valence-corrected chi connectivity index (χ1v) is 7.88. The molecule has 0 aromatic rings. The monoisotopic (exact) mass is 310 g/mol. The number of carbonyl (C=O) groups is 1. The first kappa shape index (κ1) is 20.6. The summed E-state index contributed by atoms with van der Waals surface area (Å²) in [6, 6.07) is 0. The zero-order valence-corrected chi connectivity index (χ0v) is 15.0. The molecule has 0 rings (SSSR count). The van der Waals surface area contributed by atoms with Gasteiger partial charge in [-0.1, -0.05) is 6.08 Å². The largest absolute Gasteiger partial charge is 0.444 e. The summed E-state index contributed by atoms with van der Waals surface area (Å²) < 4.78 is 5.17. The Morgan fingerprint density at radius 2 is 1.95 bits per heavy atom. The molecule has 1 amide bonds. The van der Waals surface area contributed by atoms with Gasteiger partial charge in [0.15, 0.2) is 0 Å². The van der Waals surface area contributed by atoms with E-state index in [1.165, 1.54) is 0 Å². The molecule has 1 atom stereocenters. The van der Waals surface area contributed by atoms with Gasteiger partial charge >= 0.3 is 6.09 Å². The van der Waals surface area contributed by atoms with Crippen molar-refractivity contribution in [2.24, 2.45) is 0 Å². The van der Waals surface area contributed by atoms with E-state index in [1.54, 1.807) is 0 Å². The van der Waals surface area contributed by atoms with Crippen molar-refractivity contribution in [2.75, 3.05) is 6.54 Å². The average Bonchev–Trinajstić information content (AvgIpc) is 2.42. The molecule has 0 spiro atoms. The van der Waals surface area contributed by atoms with Crippen molar-refractivity contribution >= 4 is 6.09 Å². The SMILES string of the molecule is C=C([CH+]C)C(O)(CCCCNC(=O)OC(C)(C)C)/C(C)=C/C. The Hall–Kier alpha value is -1.42. The molecule has 0 aliphatic heterocycles. The zero-order valence-electron chi connectivity index (χ0n) is 15.0. The lowest BCUT2D eigenvalue weighted by molar-refractivity contribution is 0.0526. The van der Waals surface area contributed by atoms with E-state index in [-0.39, 0.29) is 0 Å². The van der Waals surface area contributed by atoms with Gasteiger partial charge in [-0.25, -0.2) is 4.79 Å². The Morgan fingerprint density at radius 1 is 1.36 bits per heavy atom. The molecular formula is C18H32NO3+. The van der Waals surface area contributed by atoms with Crippen LogP contribution in [-0.2, 0) is 4.74 Å². The van der Waals surface area contributed by atoms with Crippen molar-refractivity contribution in [3.05, 3.63) is 30.2 Å². The van der Waals surface area contributed by atoms with Gasteiger partial charge in [-0.15, -0.1) is 0 Å². The zero-order chi connectivity index (χ0) is 17.4. The first-order chi connectivity index (χ1) is 10.1. The maximum absolute atomic E-state index is 11.5. The number of hydrogen-bond donors (Lipinski definition) is 2. The second-order valence-corrected chi connectivity index (χ2v) is 6.53. The summed E-state index contributed by atoms with van der Waals surface area (Å²) in [6.07, 6.45) is 5.49. The molecule has 4 nitrogen and oxygen atoms in total. The molecule has 4 heteroatoms. The summed E-state index contributed by atoms with van der Waals surface area (Å²) in [4.78, 5) is 11.5. The van der Waals surface area contributed by atoms with Crippen molar-refractivity contribution in [1.29, 1.82) is 0 Å². The highest BCUT2D eigenvalue weighted by molar-refractivity contribution is 5.67. The highest BCUT2D eigenvalue weighted by atomic mass is 16.6. The van der Waals surface area contributed by atoms with Crippen LogP contribution in [0, 0.1) is 6.42 Å². The van der Waals surface area contributed by atoms with Crippen molar-refractivity contribution in [3.63, 3.8) is 0 Å². The van der Waals surface area contributed by atoms with Crippen LogP contribution in [0.3, 0.4) is 0 Å². The lowest BCUT2D eigenvalue weighted by Crippen LogP contribution is -2.34. The van der Waals surface area contributed by atoms with Gasteiger partial charge in [0, 0.05) is 26.5 Å². The standard InChI is InChI=1S/C18H31NO3/c1-8-14(3)18(21,15(4)9-2)12-10-11-13-19-16(20)22-17(5,6)7/h8-9,21H,3,10-13H2,1-2,4-7H3/p+1/b15-9+. The van der Waals surface area contributed by atoms with E-state index in [2.05, 4.69) is 11.9 Å². The Labute approximate surface area is 135 Å². The minimum atomic E-state index is -0.991. The van der Waals surface area contributed by atoms with Gasteiger partial charge < -0.3 is 15.2 Å². The van der Waals surface area contributed by atoms with Crippen LogP contribution in [0.5, 0.6) is 0 Å². The third-order valence-corrected chi connectivity index (χ3v) is 3.60. The predicted molar refractivity (Wildman–Crippen MR) is 91.6 cm³/mol. The third-order valence-electron chi connectivity index (χ3n) is 3.60. The quantitative estimate of drug-likeness (QED) is 0.402. The van der Waals surface area contributed by atoms with Crippen molar-refractivity contribution in [1.82, 2.24) is 5.32 Å². The van der Waals surface area contributed by atoms with Crippen LogP contribution >= 0.6 is 0 Å². The van der Waals surface area contributed by atoms with E-state index in [4.69, 9.17) is 4.74 Å². The Kier molecular flexibility index (Phi) is 8.31. The maximum atomic E-state index is 11.5. The number of carbonyl (C=O) groups excluding carboxylic acids is 1. The van der Waals surface area contributed by atoms with E-state index in [9.17, 15) is 9.90 Å². The molecule has 1 unspecified atom stereocenters. The Morgan fingerprint density at radius 3 is 2.41 bits per heavy atom. The minimum Gasteiger partial charge on any atom is -0.444 e. The summed E-state index contributed by atoms with van der Waals surface area (Å²) in [5.74, 6) is 0. The molecule has 0 bridgehead atoms. The normalized spacial score (nSPS) is 15.0. The van der Waals surface area contributed by atoms with E-state index < -0.39 is 17.3 Å². The molecule has 0 aromatic carbocycles. The summed E-state index contributed by atoms with van der Waals surface area (Å²) in [5.41, 5.74) is 0.135. The van der Waals surface area contributed by atoms with E-state index >= 15 is 0 Å². The number of alkyl carbamates (subject to hydrolysis) is 1. The average molecular weight is 310 g/mol. The highest BCUT2D eigenvalue weighted by Crippen LogP contribution is 2.31. The second kappa shape index (κ2) is 8.89. The van der Waals surface area contributed by atoms with Gasteiger partial charge in [0.2, 0.25) is 0 Å². The summed E-state index contributed by atoms with van der Waals surface area (Å²) in [7, 11) is 0. The van der Waals surface area contributed by atoms with Gasteiger partial charge in [-0.3, -0.25) is 0 Å². The van der Waals surface area contributed by atoms with Gasteiger partial charge in [0.1, 0.15) is 16.8 Å². The van der Waals surface area contributed by atoms with Gasteiger partial charge in [0.25, 0.3) is 0 Å². The van der Waals surface area contributed by atoms with Crippen LogP contribution < -0.4 is 5.32 Å². The lowest BCUT2D eigenvalue weighted by atomic mass is 9.81. The van der Waals surface area contributed by atoms with Crippen LogP contribution in [0.15, 0.2) is 23.8 Å². The molecule has 0 fully saturated rings. The van der Waals surface area contributed by atoms with Gasteiger partial charge in [-0.2, -0.15) is 0 Å². The summed E-state index contributed by atoms with van der Waals surface area (Å²) in [5, 5.41) is 13.5. The second-order valence-electron chi connectivity index (χ2n) is 6.53. The molecule has 0 radical (unpaired) electrons. The van der Waals surface area contributed by atoms with Crippen molar-refractivity contribution < 1.29 is 14.6 Å². The number of ether oxygens (including phenoxy) is 1. The van der Waals surface area contributed by atoms with Crippen LogP contribution in [0.4, 0.5) is 4.79 Å². The fraction of sp³-hybridized carbons (Fsp3) is 0.667. The molecule has 0 saturated carbocycles. The van der Waals surface area contributed by atoms with Gasteiger partial charge in [0.05, 0.1) is 0 Å². The number of nitrogens with one attached hydrogen (secondary N) is 1. The number of amides is 1. The predicted octanol–water partition coefficient (Wildman–Crippen LogP) is 4.16. The van der Waals surface area contributed by atoms with E-state index in [1.807, 2.05) is 54.0 Å². The number of aliphatic hydroxyl groups is 1. The molecule has 126 valence electrons. The summed E-state index contributed by atoms with van der Waals surface area (Å²) in [6.45, 7) is 15.7. The molecule has 0 aromatic heterocycles. The number of unbranched alkanes of at least 4 members (excludes halogenated alkanes) is 1. The molecular weight excluding hydrogens is 278 g/mol. The number of rotatable bonds is 8. The van der Waals surface area contributed by atoms with Crippen LogP contribution in [-0.4, -0.2) is 28.9 Å². The number of hydrogen-bond acceptors (Lipinski definition) is 3. The number of allylic oxidation sites excluding steroid dienone is 1. The van der Waals surface area contributed by atoms with E-state index in [0.717, 1.165) is 18.4 Å². The van der Waals surface area contributed by atoms with Crippen molar-refractivity contribution in [3.8, 4) is 0 Å². The molecule has 0 saturated heterocycles. The topological polar surface area (TPSA) is 58.6 Å². The fourth-order valence-corrected chi connectivity index (χ4v) is 2.10. The third kappa shape index (κ3) is 7.03. The highest BCUT2D eigenvalue weighted by Gasteiger charge is 2.35. The van der Waals surface area contributed by atoms with Crippen LogP contribution in [0.25, 0.3) is 0 Å². The summed E-state index contributed by atoms with van der Waals surface area (Å²) >= 11 is 0. The minimum absolute atomic E-state index is 0.404.